The minimum absolute atomic E-state index is 0.121. The van der Waals surface area contributed by atoms with E-state index in [9.17, 15) is 4.79 Å². The SMILES string of the molecule is CC(N)C(=O)c1ccnc(N)c1. The summed E-state index contributed by atoms with van der Waals surface area (Å²) < 4.78 is 0. The van der Waals surface area contributed by atoms with Crippen molar-refractivity contribution in [1.29, 1.82) is 0 Å². The number of anilines is 1. The number of nitrogens with two attached hydrogens (primary N) is 2. The standard InChI is InChI=1S/C8H11N3O/c1-5(9)8(12)6-2-3-11-7(10)4-6/h2-5H,9H2,1H3,(H2,10,11). The average molecular weight is 165 g/mol. The molecule has 0 fully saturated rings. The molecule has 4 N–H and O–H groups in total. The van der Waals surface area contributed by atoms with Crippen molar-refractivity contribution in [3.8, 4) is 0 Å². The summed E-state index contributed by atoms with van der Waals surface area (Å²) in [7, 11) is 0. The number of carbonyl (C=O) groups is 1. The molecule has 1 rings (SSSR count). The lowest BCUT2D eigenvalue weighted by molar-refractivity contribution is 0.0968. The van der Waals surface area contributed by atoms with Gasteiger partial charge in [0.05, 0.1) is 6.04 Å². The third-order valence-electron chi connectivity index (χ3n) is 1.48. The van der Waals surface area contributed by atoms with Crippen LogP contribution >= 0.6 is 0 Å². The van der Waals surface area contributed by atoms with Crippen LogP contribution < -0.4 is 11.5 Å². The van der Waals surface area contributed by atoms with Crippen LogP contribution in [-0.2, 0) is 0 Å². The van der Waals surface area contributed by atoms with Crippen molar-refractivity contribution in [3.05, 3.63) is 23.9 Å². The van der Waals surface area contributed by atoms with E-state index in [0.29, 0.717) is 11.4 Å². The van der Waals surface area contributed by atoms with Crippen molar-refractivity contribution in [1.82, 2.24) is 4.98 Å². The highest BCUT2D eigenvalue weighted by atomic mass is 16.1. The molecule has 0 aliphatic heterocycles. The smallest absolute Gasteiger partial charge is 0.179 e. The van der Waals surface area contributed by atoms with Gasteiger partial charge in [-0.15, -0.1) is 0 Å². The third kappa shape index (κ3) is 1.79. The molecule has 0 bridgehead atoms. The lowest BCUT2D eigenvalue weighted by Gasteiger charge is -2.03. The highest BCUT2D eigenvalue weighted by Gasteiger charge is 2.10. The van der Waals surface area contributed by atoms with Crippen molar-refractivity contribution >= 4 is 11.6 Å². The second kappa shape index (κ2) is 3.32. The number of ketones is 1. The molecule has 4 nitrogen and oxygen atoms in total. The topological polar surface area (TPSA) is 82.0 Å². The average Bonchev–Trinajstić information content (AvgIpc) is 2.03. The first-order chi connectivity index (χ1) is 5.61. The van der Waals surface area contributed by atoms with Gasteiger partial charge in [-0.1, -0.05) is 0 Å². The lowest BCUT2D eigenvalue weighted by Crippen LogP contribution is -2.26. The van der Waals surface area contributed by atoms with E-state index in [2.05, 4.69) is 4.98 Å². The first-order valence-corrected chi connectivity index (χ1v) is 3.62. The number of rotatable bonds is 2. The number of pyridine rings is 1. The van der Waals surface area contributed by atoms with Crippen LogP contribution in [0.3, 0.4) is 0 Å². The summed E-state index contributed by atoms with van der Waals surface area (Å²) >= 11 is 0. The fraction of sp³-hybridized carbons (Fsp3) is 0.250. The minimum Gasteiger partial charge on any atom is -0.384 e. The van der Waals surface area contributed by atoms with Crippen molar-refractivity contribution < 1.29 is 4.79 Å². The fourth-order valence-corrected chi connectivity index (χ4v) is 0.864. The van der Waals surface area contributed by atoms with E-state index in [1.165, 1.54) is 12.3 Å². The highest BCUT2D eigenvalue weighted by molar-refractivity contribution is 6.00. The number of nitrogen functional groups attached to an aromatic ring is 1. The predicted octanol–water partition coefficient (Wildman–Crippen LogP) is 0.194. The van der Waals surface area contributed by atoms with E-state index in [1.54, 1.807) is 13.0 Å². The number of carbonyl (C=O) groups excluding carboxylic acids is 1. The second-order valence-electron chi connectivity index (χ2n) is 2.62. The molecule has 1 unspecified atom stereocenters. The summed E-state index contributed by atoms with van der Waals surface area (Å²) in [6.45, 7) is 1.64. The van der Waals surface area contributed by atoms with Gasteiger partial charge < -0.3 is 11.5 Å². The Balaban J connectivity index is 2.96. The van der Waals surface area contributed by atoms with Crippen LogP contribution in [-0.4, -0.2) is 16.8 Å². The van der Waals surface area contributed by atoms with E-state index in [4.69, 9.17) is 11.5 Å². The van der Waals surface area contributed by atoms with E-state index in [-0.39, 0.29) is 5.78 Å². The maximum atomic E-state index is 11.3. The Labute approximate surface area is 70.6 Å². The van der Waals surface area contributed by atoms with Gasteiger partial charge in [0, 0.05) is 11.8 Å². The van der Waals surface area contributed by atoms with Gasteiger partial charge in [-0.05, 0) is 19.1 Å². The van der Waals surface area contributed by atoms with Crippen molar-refractivity contribution in [3.63, 3.8) is 0 Å². The summed E-state index contributed by atoms with van der Waals surface area (Å²) in [4.78, 5) is 15.1. The number of hydrogen-bond donors (Lipinski definition) is 2. The second-order valence-corrected chi connectivity index (χ2v) is 2.62. The van der Waals surface area contributed by atoms with E-state index in [0.717, 1.165) is 0 Å². The largest absolute Gasteiger partial charge is 0.384 e. The molecule has 0 saturated heterocycles. The summed E-state index contributed by atoms with van der Waals surface area (Å²) in [6, 6.07) is 2.63. The van der Waals surface area contributed by atoms with Crippen LogP contribution in [0.25, 0.3) is 0 Å². The molecule has 1 atom stereocenters. The Kier molecular flexibility index (Phi) is 2.40. The van der Waals surface area contributed by atoms with Crippen molar-refractivity contribution in [2.24, 2.45) is 5.73 Å². The lowest BCUT2D eigenvalue weighted by atomic mass is 10.1. The van der Waals surface area contributed by atoms with Gasteiger partial charge in [-0.25, -0.2) is 4.98 Å². The van der Waals surface area contributed by atoms with Crippen LogP contribution in [0.5, 0.6) is 0 Å². The Morgan fingerprint density at radius 3 is 2.83 bits per heavy atom. The van der Waals surface area contributed by atoms with Gasteiger partial charge in [0.1, 0.15) is 5.82 Å². The normalized spacial score (nSPS) is 12.5. The molecule has 1 aromatic heterocycles. The van der Waals surface area contributed by atoms with Crippen LogP contribution in [0, 0.1) is 0 Å². The summed E-state index contributed by atoms with van der Waals surface area (Å²) in [5, 5.41) is 0. The molecule has 64 valence electrons. The molecule has 1 aromatic rings. The Bertz CT molecular complexity index is 296. The van der Waals surface area contributed by atoms with Crippen LogP contribution in [0.4, 0.5) is 5.82 Å². The van der Waals surface area contributed by atoms with Gasteiger partial charge in [0.2, 0.25) is 0 Å². The van der Waals surface area contributed by atoms with E-state index < -0.39 is 6.04 Å². The first-order valence-electron chi connectivity index (χ1n) is 3.62. The molecule has 0 amide bonds. The zero-order valence-electron chi connectivity index (χ0n) is 6.82. The zero-order chi connectivity index (χ0) is 9.14. The molecule has 0 aliphatic rings. The fourth-order valence-electron chi connectivity index (χ4n) is 0.864. The van der Waals surface area contributed by atoms with Gasteiger partial charge in [-0.2, -0.15) is 0 Å². The number of hydrogen-bond acceptors (Lipinski definition) is 4. The molecule has 12 heavy (non-hydrogen) atoms. The van der Waals surface area contributed by atoms with Gasteiger partial charge in [0.15, 0.2) is 5.78 Å². The molecule has 1 heterocycles. The highest BCUT2D eigenvalue weighted by Crippen LogP contribution is 2.05. The Morgan fingerprint density at radius 1 is 1.67 bits per heavy atom. The molecule has 0 aliphatic carbocycles. The summed E-state index contributed by atoms with van der Waals surface area (Å²) in [5.74, 6) is 0.214. The zero-order valence-corrected chi connectivity index (χ0v) is 6.82. The quantitative estimate of drug-likeness (QED) is 0.613. The molecular weight excluding hydrogens is 154 g/mol. The molecular formula is C8H11N3O. The first kappa shape index (κ1) is 8.67. The molecule has 0 radical (unpaired) electrons. The van der Waals surface area contributed by atoms with Crippen LogP contribution in [0.15, 0.2) is 18.3 Å². The number of Topliss-reactive ketones (excluding diaryl/α,β-unsaturated/α-hetero) is 1. The van der Waals surface area contributed by atoms with E-state index in [1.807, 2.05) is 0 Å². The molecule has 4 heteroatoms. The van der Waals surface area contributed by atoms with Crippen molar-refractivity contribution in [2.45, 2.75) is 13.0 Å². The minimum atomic E-state index is -0.494. The Morgan fingerprint density at radius 2 is 2.33 bits per heavy atom. The number of nitrogens with zero attached hydrogens (tertiary/aromatic N) is 1. The number of aromatic nitrogens is 1. The maximum Gasteiger partial charge on any atom is 0.179 e. The molecule has 0 saturated carbocycles. The molecule has 0 spiro atoms. The molecule has 0 aromatic carbocycles. The van der Waals surface area contributed by atoms with E-state index >= 15 is 0 Å². The van der Waals surface area contributed by atoms with Crippen LogP contribution in [0.2, 0.25) is 0 Å². The van der Waals surface area contributed by atoms with Gasteiger partial charge >= 0.3 is 0 Å². The third-order valence-corrected chi connectivity index (χ3v) is 1.48. The van der Waals surface area contributed by atoms with Crippen LogP contribution in [0.1, 0.15) is 17.3 Å². The monoisotopic (exact) mass is 165 g/mol. The predicted molar refractivity (Wildman–Crippen MR) is 46.6 cm³/mol. The maximum absolute atomic E-state index is 11.3. The Hall–Kier alpha value is -1.42. The van der Waals surface area contributed by atoms with Gasteiger partial charge in [-0.3, -0.25) is 4.79 Å². The summed E-state index contributed by atoms with van der Waals surface area (Å²) in [6.07, 6.45) is 1.49. The van der Waals surface area contributed by atoms with Crippen molar-refractivity contribution in [2.75, 3.05) is 5.73 Å². The summed E-state index contributed by atoms with van der Waals surface area (Å²) in [5.41, 5.74) is 11.3. The van der Waals surface area contributed by atoms with Gasteiger partial charge in [0.25, 0.3) is 0 Å².